The predicted octanol–water partition coefficient (Wildman–Crippen LogP) is 2.33. The molecule has 1 aliphatic carbocycles. The second-order valence-corrected chi connectivity index (χ2v) is 4.29. The average molecular weight is 214 g/mol. The molecule has 3 nitrogen and oxygen atoms in total. The minimum absolute atomic E-state index is 0.353. The fourth-order valence-electron chi connectivity index (χ4n) is 1.53. The lowest BCUT2D eigenvalue weighted by atomic mass is 10.1. The highest BCUT2D eigenvalue weighted by atomic mass is 35.5. The molecule has 1 fully saturated rings. The molecule has 0 saturated heterocycles. The summed E-state index contributed by atoms with van der Waals surface area (Å²) in [4.78, 5) is 4.26. The van der Waals surface area contributed by atoms with E-state index in [-0.39, 0.29) is 0 Å². The van der Waals surface area contributed by atoms with Crippen molar-refractivity contribution >= 4 is 17.5 Å². The average Bonchev–Trinajstić information content (AvgIpc) is 2.86. The molecule has 2 rings (SSSR count). The Hall–Kier alpha value is -0.700. The van der Waals surface area contributed by atoms with Crippen molar-refractivity contribution in [3.8, 4) is 0 Å². The number of nitrogens with one attached hydrogen (secondary N) is 1. The largest absolute Gasteiger partial charge is 0.355 e. The van der Waals surface area contributed by atoms with Crippen molar-refractivity contribution in [3.05, 3.63) is 12.4 Å². The molecule has 1 saturated carbocycles. The fourth-order valence-corrected chi connectivity index (χ4v) is 1.89. The van der Waals surface area contributed by atoms with Gasteiger partial charge in [0.15, 0.2) is 0 Å². The minimum Gasteiger partial charge on any atom is -0.355 e. The van der Waals surface area contributed by atoms with Gasteiger partial charge in [-0.2, -0.15) is 0 Å². The molecule has 14 heavy (non-hydrogen) atoms. The van der Waals surface area contributed by atoms with Crippen LogP contribution < -0.4 is 5.32 Å². The summed E-state index contributed by atoms with van der Waals surface area (Å²) >= 11 is 5.90. The third-order valence-corrected chi connectivity index (χ3v) is 3.49. The Bertz CT molecular complexity index is 304. The second kappa shape index (κ2) is 3.81. The Labute approximate surface area is 89.5 Å². The van der Waals surface area contributed by atoms with E-state index >= 15 is 0 Å². The topological polar surface area (TPSA) is 29.9 Å². The van der Waals surface area contributed by atoms with E-state index in [4.69, 9.17) is 11.6 Å². The van der Waals surface area contributed by atoms with Gasteiger partial charge in [0.2, 0.25) is 5.95 Å². The van der Waals surface area contributed by atoms with Crippen LogP contribution in [0.1, 0.15) is 19.8 Å². The summed E-state index contributed by atoms with van der Waals surface area (Å²) in [5.74, 6) is 1.72. The van der Waals surface area contributed by atoms with Crippen LogP contribution in [0.5, 0.6) is 0 Å². The summed E-state index contributed by atoms with van der Waals surface area (Å²) in [6.45, 7) is 4.02. The van der Waals surface area contributed by atoms with Crippen LogP contribution >= 0.6 is 11.6 Å². The molecule has 0 radical (unpaired) electrons. The van der Waals surface area contributed by atoms with Gasteiger partial charge < -0.3 is 9.88 Å². The number of anilines is 1. The van der Waals surface area contributed by atoms with Crippen molar-refractivity contribution in [1.29, 1.82) is 0 Å². The van der Waals surface area contributed by atoms with Gasteiger partial charge in [0.05, 0.1) is 0 Å². The van der Waals surface area contributed by atoms with Gasteiger partial charge in [0, 0.05) is 36.8 Å². The Kier molecular flexibility index (Phi) is 2.68. The minimum atomic E-state index is 0.353. The predicted molar refractivity (Wildman–Crippen MR) is 58.8 cm³/mol. The highest BCUT2D eigenvalue weighted by Crippen LogP contribution is 2.46. The summed E-state index contributed by atoms with van der Waals surface area (Å²) in [5, 5.41) is 3.37. The maximum absolute atomic E-state index is 5.90. The summed E-state index contributed by atoms with van der Waals surface area (Å²) in [5.41, 5.74) is 0.353. The molecule has 0 amide bonds. The number of halogens is 1. The van der Waals surface area contributed by atoms with E-state index in [1.165, 1.54) is 12.8 Å². The Morgan fingerprint density at radius 3 is 3.00 bits per heavy atom. The third-order valence-electron chi connectivity index (χ3n) is 2.92. The maximum Gasteiger partial charge on any atom is 0.202 e. The van der Waals surface area contributed by atoms with E-state index in [2.05, 4.69) is 21.8 Å². The fraction of sp³-hybridized carbons (Fsp3) is 0.700. The number of hydrogen-bond donors (Lipinski definition) is 1. The first-order valence-corrected chi connectivity index (χ1v) is 5.64. The summed E-state index contributed by atoms with van der Waals surface area (Å²) in [6, 6.07) is 0. The van der Waals surface area contributed by atoms with E-state index in [1.54, 1.807) is 0 Å². The number of aryl methyl sites for hydroxylation is 1. The zero-order valence-corrected chi connectivity index (χ0v) is 9.22. The molecule has 1 aromatic rings. The molecule has 0 aromatic carbocycles. The quantitative estimate of drug-likeness (QED) is 0.761. The van der Waals surface area contributed by atoms with Gasteiger partial charge >= 0.3 is 0 Å². The Morgan fingerprint density at radius 2 is 2.43 bits per heavy atom. The first-order valence-electron chi connectivity index (χ1n) is 5.11. The molecule has 0 spiro atoms. The number of alkyl halides is 1. The number of hydrogen-bond acceptors (Lipinski definition) is 2. The Morgan fingerprint density at radius 1 is 1.64 bits per heavy atom. The lowest BCUT2D eigenvalue weighted by Crippen LogP contribution is -2.19. The van der Waals surface area contributed by atoms with Crippen LogP contribution in [0.2, 0.25) is 0 Å². The van der Waals surface area contributed by atoms with Gasteiger partial charge in [-0.3, -0.25) is 0 Å². The first-order chi connectivity index (χ1) is 6.79. The SMILES string of the molecule is CCn1ccnc1NCC1(CCl)CC1. The van der Waals surface area contributed by atoms with E-state index in [9.17, 15) is 0 Å². The molecule has 0 bridgehead atoms. The zero-order chi connectivity index (χ0) is 10.0. The van der Waals surface area contributed by atoms with Gasteiger partial charge in [-0.05, 0) is 19.8 Å². The lowest BCUT2D eigenvalue weighted by molar-refractivity contribution is 0.610. The van der Waals surface area contributed by atoms with Gasteiger partial charge in [-0.15, -0.1) is 11.6 Å². The van der Waals surface area contributed by atoms with Crippen molar-refractivity contribution in [2.75, 3.05) is 17.7 Å². The number of nitrogens with zero attached hydrogens (tertiary/aromatic N) is 2. The highest BCUT2D eigenvalue weighted by molar-refractivity contribution is 6.18. The maximum atomic E-state index is 5.90. The van der Waals surface area contributed by atoms with E-state index < -0.39 is 0 Å². The van der Waals surface area contributed by atoms with Crippen LogP contribution in [0, 0.1) is 5.41 Å². The van der Waals surface area contributed by atoms with Gasteiger partial charge in [0.1, 0.15) is 0 Å². The number of aromatic nitrogens is 2. The van der Waals surface area contributed by atoms with Crippen molar-refractivity contribution in [2.45, 2.75) is 26.3 Å². The van der Waals surface area contributed by atoms with Crippen LogP contribution in [-0.2, 0) is 6.54 Å². The molecule has 0 atom stereocenters. The third kappa shape index (κ3) is 1.87. The first kappa shape index (κ1) is 9.84. The summed E-state index contributed by atoms with van der Waals surface area (Å²) in [7, 11) is 0. The molecule has 1 aromatic heterocycles. The van der Waals surface area contributed by atoms with Crippen LogP contribution in [-0.4, -0.2) is 22.0 Å². The van der Waals surface area contributed by atoms with Gasteiger partial charge in [0.25, 0.3) is 0 Å². The zero-order valence-electron chi connectivity index (χ0n) is 8.46. The number of imidazole rings is 1. The molecule has 1 N–H and O–H groups in total. The van der Waals surface area contributed by atoms with Crippen LogP contribution in [0.25, 0.3) is 0 Å². The molecule has 78 valence electrons. The highest BCUT2D eigenvalue weighted by Gasteiger charge is 2.41. The smallest absolute Gasteiger partial charge is 0.202 e. The van der Waals surface area contributed by atoms with Crippen molar-refractivity contribution in [3.63, 3.8) is 0 Å². The van der Waals surface area contributed by atoms with Gasteiger partial charge in [-0.25, -0.2) is 4.98 Å². The molecule has 1 aliphatic rings. The van der Waals surface area contributed by atoms with Crippen LogP contribution in [0.3, 0.4) is 0 Å². The molecular formula is C10H16ClN3. The van der Waals surface area contributed by atoms with Crippen LogP contribution in [0.4, 0.5) is 5.95 Å². The van der Waals surface area contributed by atoms with E-state index in [0.717, 1.165) is 24.9 Å². The summed E-state index contributed by atoms with van der Waals surface area (Å²) < 4.78 is 2.10. The van der Waals surface area contributed by atoms with Crippen molar-refractivity contribution in [1.82, 2.24) is 9.55 Å². The van der Waals surface area contributed by atoms with Crippen molar-refractivity contribution < 1.29 is 0 Å². The van der Waals surface area contributed by atoms with E-state index in [0.29, 0.717) is 5.41 Å². The molecule has 1 heterocycles. The van der Waals surface area contributed by atoms with Crippen molar-refractivity contribution in [2.24, 2.45) is 5.41 Å². The molecule has 0 aliphatic heterocycles. The Balaban J connectivity index is 1.91. The normalized spacial score (nSPS) is 18.1. The monoisotopic (exact) mass is 213 g/mol. The number of rotatable bonds is 5. The second-order valence-electron chi connectivity index (χ2n) is 4.02. The molecule has 0 unspecified atom stereocenters. The lowest BCUT2D eigenvalue weighted by Gasteiger charge is -2.13. The summed E-state index contributed by atoms with van der Waals surface area (Å²) in [6.07, 6.45) is 6.31. The van der Waals surface area contributed by atoms with Crippen LogP contribution in [0.15, 0.2) is 12.4 Å². The molecule has 4 heteroatoms. The molecular weight excluding hydrogens is 198 g/mol. The standard InChI is InChI=1S/C10H16ClN3/c1-2-14-6-5-12-9(14)13-8-10(7-11)3-4-10/h5-6H,2-4,7-8H2,1H3,(H,12,13). The van der Waals surface area contributed by atoms with E-state index in [1.807, 2.05) is 12.4 Å². The van der Waals surface area contributed by atoms with Gasteiger partial charge in [-0.1, -0.05) is 0 Å².